The molecular formula is C24H23N3O5. The average Bonchev–Trinajstić information content (AvgIpc) is 3.37. The summed E-state index contributed by atoms with van der Waals surface area (Å²) in [6.45, 7) is 3.98. The molecule has 0 aliphatic rings. The van der Waals surface area contributed by atoms with E-state index in [0.717, 1.165) is 17.3 Å². The third-order valence-corrected chi connectivity index (χ3v) is 4.87. The van der Waals surface area contributed by atoms with Gasteiger partial charge in [-0.25, -0.2) is 4.79 Å². The normalized spacial score (nSPS) is 10.9. The first kappa shape index (κ1) is 21.2. The molecule has 2 aromatic heterocycles. The van der Waals surface area contributed by atoms with Crippen molar-refractivity contribution in [3.05, 3.63) is 60.0 Å². The number of rotatable bonds is 7. The highest BCUT2D eigenvalue weighted by Crippen LogP contribution is 2.25. The largest absolute Gasteiger partial charge is 0.461 e. The molecule has 32 heavy (non-hydrogen) atoms. The van der Waals surface area contributed by atoms with E-state index < -0.39 is 11.9 Å². The standard InChI is InChI=1S/C24H23N3O5/c1-3-5-22(28)25-16-7-9-20-15(11-16)13-21(32-20)23(29)26-17-6-8-18-14(10-17)12-19(27-18)24(30)31-4-2/h6-13,27H,3-5H2,1-2H3,(H,25,28)(H,26,29). The Bertz CT molecular complexity index is 1320. The van der Waals surface area contributed by atoms with Gasteiger partial charge in [0.05, 0.1) is 6.61 Å². The van der Waals surface area contributed by atoms with Crippen LogP contribution in [0.15, 0.2) is 52.9 Å². The number of hydrogen-bond acceptors (Lipinski definition) is 5. The monoisotopic (exact) mass is 433 g/mol. The molecule has 2 aromatic carbocycles. The zero-order chi connectivity index (χ0) is 22.7. The molecule has 4 aromatic rings. The third kappa shape index (κ3) is 4.49. The Hall–Kier alpha value is -4.07. The molecule has 0 aliphatic carbocycles. The Morgan fingerprint density at radius 3 is 2.47 bits per heavy atom. The van der Waals surface area contributed by atoms with E-state index in [9.17, 15) is 14.4 Å². The zero-order valence-electron chi connectivity index (χ0n) is 17.8. The van der Waals surface area contributed by atoms with E-state index in [1.54, 1.807) is 55.5 Å². The van der Waals surface area contributed by atoms with Crippen LogP contribution in [0, 0.1) is 0 Å². The number of furan rings is 1. The Balaban J connectivity index is 1.51. The lowest BCUT2D eigenvalue weighted by molar-refractivity contribution is -0.116. The molecule has 0 unspecified atom stereocenters. The van der Waals surface area contributed by atoms with Gasteiger partial charge < -0.3 is 24.8 Å². The molecule has 0 bridgehead atoms. The van der Waals surface area contributed by atoms with E-state index in [0.29, 0.717) is 41.1 Å². The first-order valence-electron chi connectivity index (χ1n) is 10.4. The van der Waals surface area contributed by atoms with Gasteiger partial charge in [0.15, 0.2) is 5.76 Å². The average molecular weight is 433 g/mol. The van der Waals surface area contributed by atoms with Crippen molar-refractivity contribution in [3.63, 3.8) is 0 Å². The number of aromatic nitrogens is 1. The van der Waals surface area contributed by atoms with Gasteiger partial charge in [-0.1, -0.05) is 6.92 Å². The summed E-state index contributed by atoms with van der Waals surface area (Å²) in [6, 6.07) is 13.8. The molecule has 0 saturated carbocycles. The van der Waals surface area contributed by atoms with Gasteiger partial charge in [0, 0.05) is 34.1 Å². The van der Waals surface area contributed by atoms with Gasteiger partial charge in [0.25, 0.3) is 5.91 Å². The fraction of sp³-hybridized carbons (Fsp3) is 0.208. The Morgan fingerprint density at radius 2 is 1.69 bits per heavy atom. The van der Waals surface area contributed by atoms with Gasteiger partial charge in [-0.05, 0) is 61.9 Å². The number of fused-ring (bicyclic) bond motifs is 2. The number of ether oxygens (including phenoxy) is 1. The minimum atomic E-state index is -0.429. The highest BCUT2D eigenvalue weighted by Gasteiger charge is 2.15. The second kappa shape index (κ2) is 8.97. The fourth-order valence-corrected chi connectivity index (χ4v) is 3.41. The van der Waals surface area contributed by atoms with Crippen molar-refractivity contribution in [1.82, 2.24) is 4.98 Å². The third-order valence-electron chi connectivity index (χ3n) is 4.87. The van der Waals surface area contributed by atoms with Crippen LogP contribution in [0.5, 0.6) is 0 Å². The molecule has 4 rings (SSSR count). The van der Waals surface area contributed by atoms with E-state index in [4.69, 9.17) is 9.15 Å². The first-order chi connectivity index (χ1) is 15.5. The number of anilines is 2. The van der Waals surface area contributed by atoms with Crippen molar-refractivity contribution in [3.8, 4) is 0 Å². The van der Waals surface area contributed by atoms with E-state index in [1.807, 2.05) is 6.92 Å². The smallest absolute Gasteiger partial charge is 0.354 e. The van der Waals surface area contributed by atoms with Crippen LogP contribution in [0.3, 0.4) is 0 Å². The van der Waals surface area contributed by atoms with Crippen LogP contribution < -0.4 is 10.6 Å². The summed E-state index contributed by atoms with van der Waals surface area (Å²) in [4.78, 5) is 39.4. The highest BCUT2D eigenvalue weighted by molar-refractivity contribution is 6.06. The van der Waals surface area contributed by atoms with Crippen LogP contribution >= 0.6 is 0 Å². The molecule has 8 nitrogen and oxygen atoms in total. The maximum absolute atomic E-state index is 12.7. The molecule has 0 fully saturated rings. The van der Waals surface area contributed by atoms with E-state index in [-0.39, 0.29) is 11.7 Å². The number of hydrogen-bond donors (Lipinski definition) is 3. The lowest BCUT2D eigenvalue weighted by atomic mass is 10.2. The number of benzene rings is 2. The van der Waals surface area contributed by atoms with Gasteiger partial charge in [0.1, 0.15) is 11.3 Å². The number of esters is 1. The highest BCUT2D eigenvalue weighted by atomic mass is 16.5. The molecule has 0 saturated heterocycles. The molecule has 0 atom stereocenters. The van der Waals surface area contributed by atoms with Crippen LogP contribution in [0.25, 0.3) is 21.9 Å². The van der Waals surface area contributed by atoms with Crippen molar-refractivity contribution in [1.29, 1.82) is 0 Å². The summed E-state index contributed by atoms with van der Waals surface area (Å²) < 4.78 is 10.7. The van der Waals surface area contributed by atoms with Crippen molar-refractivity contribution < 1.29 is 23.5 Å². The number of nitrogens with one attached hydrogen (secondary N) is 3. The van der Waals surface area contributed by atoms with Crippen molar-refractivity contribution in [2.24, 2.45) is 0 Å². The summed E-state index contributed by atoms with van der Waals surface area (Å²) in [5, 5.41) is 7.12. The first-order valence-corrected chi connectivity index (χ1v) is 10.4. The Morgan fingerprint density at radius 1 is 0.938 bits per heavy atom. The Kier molecular flexibility index (Phi) is 5.93. The SMILES string of the molecule is CCCC(=O)Nc1ccc2oc(C(=O)Nc3ccc4[nH]c(C(=O)OCC)cc4c3)cc2c1. The van der Waals surface area contributed by atoms with E-state index in [2.05, 4.69) is 15.6 Å². The second-order valence-electron chi connectivity index (χ2n) is 7.32. The van der Waals surface area contributed by atoms with E-state index >= 15 is 0 Å². The van der Waals surface area contributed by atoms with Gasteiger partial charge in [-0.2, -0.15) is 0 Å². The van der Waals surface area contributed by atoms with E-state index in [1.165, 1.54) is 0 Å². The molecule has 0 radical (unpaired) electrons. The molecule has 2 heterocycles. The Labute approximate surface area is 183 Å². The zero-order valence-corrected chi connectivity index (χ0v) is 17.8. The summed E-state index contributed by atoms with van der Waals surface area (Å²) >= 11 is 0. The second-order valence-corrected chi connectivity index (χ2v) is 7.32. The number of carbonyl (C=O) groups excluding carboxylic acids is 3. The molecule has 164 valence electrons. The topological polar surface area (TPSA) is 113 Å². The van der Waals surface area contributed by atoms with Gasteiger partial charge in [0.2, 0.25) is 5.91 Å². The summed E-state index contributed by atoms with van der Waals surface area (Å²) in [5.41, 5.74) is 2.87. The van der Waals surface area contributed by atoms with Crippen LogP contribution in [0.2, 0.25) is 0 Å². The minimum absolute atomic E-state index is 0.0559. The van der Waals surface area contributed by atoms with Crippen LogP contribution in [0.4, 0.5) is 11.4 Å². The van der Waals surface area contributed by atoms with Gasteiger partial charge in [-0.3, -0.25) is 9.59 Å². The number of amides is 2. The van der Waals surface area contributed by atoms with Gasteiger partial charge >= 0.3 is 5.97 Å². The molecule has 3 N–H and O–H groups in total. The molecule has 2 amide bonds. The summed E-state index contributed by atoms with van der Waals surface area (Å²) in [7, 11) is 0. The van der Waals surface area contributed by atoms with Crippen molar-refractivity contribution in [2.75, 3.05) is 17.2 Å². The molecule has 0 spiro atoms. The lowest BCUT2D eigenvalue weighted by Crippen LogP contribution is -2.10. The molecule has 8 heteroatoms. The molecule has 0 aliphatic heterocycles. The minimum Gasteiger partial charge on any atom is -0.461 e. The van der Waals surface area contributed by atoms with Crippen molar-refractivity contribution in [2.45, 2.75) is 26.7 Å². The number of H-pyrrole nitrogens is 1. The molecular weight excluding hydrogens is 410 g/mol. The predicted octanol–water partition coefficient (Wildman–Crippen LogP) is 5.08. The lowest BCUT2D eigenvalue weighted by Gasteiger charge is -2.03. The van der Waals surface area contributed by atoms with Crippen LogP contribution in [-0.4, -0.2) is 29.4 Å². The quantitative estimate of drug-likeness (QED) is 0.352. The van der Waals surface area contributed by atoms with Crippen molar-refractivity contribution >= 4 is 51.0 Å². The van der Waals surface area contributed by atoms with Crippen LogP contribution in [-0.2, 0) is 9.53 Å². The number of carbonyl (C=O) groups is 3. The maximum atomic E-state index is 12.7. The summed E-state index contributed by atoms with van der Waals surface area (Å²) in [6.07, 6.45) is 1.21. The van der Waals surface area contributed by atoms with Crippen LogP contribution in [0.1, 0.15) is 47.7 Å². The van der Waals surface area contributed by atoms with Gasteiger partial charge in [-0.15, -0.1) is 0 Å². The number of aromatic amines is 1. The fourth-order valence-electron chi connectivity index (χ4n) is 3.41. The predicted molar refractivity (Wildman–Crippen MR) is 122 cm³/mol. The summed E-state index contributed by atoms with van der Waals surface area (Å²) in [5.74, 6) is -0.738. The maximum Gasteiger partial charge on any atom is 0.354 e.